The van der Waals surface area contributed by atoms with Gasteiger partial charge >= 0.3 is 0 Å². The smallest absolute Gasteiger partial charge is 0.207 e. The number of hydrogen-bond donors (Lipinski definition) is 0. The van der Waals surface area contributed by atoms with Gasteiger partial charge in [0, 0.05) is 31.2 Å². The normalized spacial score (nSPS) is 18.9. The minimum atomic E-state index is -3.70. The van der Waals surface area contributed by atoms with Crippen LogP contribution in [0.3, 0.4) is 0 Å². The molecule has 0 bridgehead atoms. The third-order valence-corrected chi connectivity index (χ3v) is 9.36. The van der Waals surface area contributed by atoms with E-state index in [1.807, 2.05) is 6.07 Å². The lowest BCUT2D eigenvalue weighted by atomic mass is 10.1. The highest BCUT2D eigenvalue weighted by Crippen LogP contribution is 2.27. The summed E-state index contributed by atoms with van der Waals surface area (Å²) in [4.78, 5) is 0.411. The summed E-state index contributed by atoms with van der Waals surface area (Å²) in [6, 6.07) is 11.4. The van der Waals surface area contributed by atoms with Gasteiger partial charge in [0.1, 0.15) is 0 Å². The molecule has 2 aromatic rings. The molecule has 1 aliphatic heterocycles. The van der Waals surface area contributed by atoms with Crippen LogP contribution in [-0.2, 0) is 32.9 Å². The van der Waals surface area contributed by atoms with Crippen molar-refractivity contribution in [3.63, 3.8) is 0 Å². The van der Waals surface area contributed by atoms with Crippen LogP contribution in [0.1, 0.15) is 17.5 Å². The van der Waals surface area contributed by atoms with Crippen molar-refractivity contribution >= 4 is 31.6 Å². The van der Waals surface area contributed by atoms with Gasteiger partial charge in [-0.3, -0.25) is 0 Å². The van der Waals surface area contributed by atoms with Crippen molar-refractivity contribution < 1.29 is 16.8 Å². The maximum Gasteiger partial charge on any atom is 0.243 e. The summed E-state index contributed by atoms with van der Waals surface area (Å²) in [6.07, 6.45) is 2.96. The summed E-state index contributed by atoms with van der Waals surface area (Å²) in [6.45, 7) is 0.469. The minimum absolute atomic E-state index is 0.110. The van der Waals surface area contributed by atoms with Crippen molar-refractivity contribution in [1.82, 2.24) is 8.61 Å². The fraction of sp³-hybridized carbons (Fsp3) is 0.368. The Morgan fingerprint density at radius 1 is 0.714 bits per heavy atom. The Hall–Kier alpha value is -1.45. The Kier molecular flexibility index (Phi) is 5.26. The van der Waals surface area contributed by atoms with Gasteiger partial charge in [-0.2, -0.15) is 8.61 Å². The molecule has 28 heavy (non-hydrogen) atoms. The third kappa shape index (κ3) is 3.59. The lowest BCUT2D eigenvalue weighted by Gasteiger charge is -2.33. The molecule has 1 fully saturated rings. The molecule has 0 radical (unpaired) electrons. The number of halogens is 1. The fourth-order valence-electron chi connectivity index (χ4n) is 3.78. The fourth-order valence-corrected chi connectivity index (χ4v) is 6.98. The summed E-state index contributed by atoms with van der Waals surface area (Å²) in [5.74, 6) is 0. The van der Waals surface area contributed by atoms with Gasteiger partial charge < -0.3 is 0 Å². The maximum atomic E-state index is 13.0. The third-order valence-electron chi connectivity index (χ3n) is 5.34. The first-order valence-corrected chi connectivity index (χ1v) is 12.4. The van der Waals surface area contributed by atoms with Gasteiger partial charge in [-0.1, -0.05) is 23.7 Å². The minimum Gasteiger partial charge on any atom is -0.207 e. The largest absolute Gasteiger partial charge is 0.243 e. The molecule has 0 saturated carbocycles. The van der Waals surface area contributed by atoms with Crippen LogP contribution in [0.15, 0.2) is 52.3 Å². The van der Waals surface area contributed by atoms with Gasteiger partial charge in [0.05, 0.1) is 9.79 Å². The first-order chi connectivity index (χ1) is 13.3. The molecule has 1 saturated heterocycles. The Balaban J connectivity index is 1.51. The molecule has 2 aliphatic rings. The van der Waals surface area contributed by atoms with E-state index in [2.05, 4.69) is 0 Å². The Morgan fingerprint density at radius 3 is 1.89 bits per heavy atom. The van der Waals surface area contributed by atoms with Gasteiger partial charge in [0.2, 0.25) is 20.0 Å². The first-order valence-electron chi connectivity index (χ1n) is 9.16. The van der Waals surface area contributed by atoms with Crippen LogP contribution >= 0.6 is 11.6 Å². The second-order valence-corrected chi connectivity index (χ2v) is 11.4. The molecular weight excluding hydrogens is 420 g/mol. The zero-order chi connectivity index (χ0) is 19.9. The molecule has 0 aromatic heterocycles. The Labute approximate surface area is 170 Å². The van der Waals surface area contributed by atoms with Crippen LogP contribution < -0.4 is 0 Å². The van der Waals surface area contributed by atoms with E-state index in [0.717, 1.165) is 24.8 Å². The number of nitrogens with zero attached hydrogens (tertiary/aromatic N) is 2. The molecule has 2 aromatic carbocycles. The van der Waals surface area contributed by atoms with E-state index in [0.29, 0.717) is 9.92 Å². The van der Waals surface area contributed by atoms with Gasteiger partial charge in [-0.25, -0.2) is 16.8 Å². The van der Waals surface area contributed by atoms with Crippen LogP contribution in [0, 0.1) is 0 Å². The molecule has 0 spiro atoms. The number of sulfonamides is 2. The topological polar surface area (TPSA) is 74.8 Å². The van der Waals surface area contributed by atoms with Gasteiger partial charge in [-0.15, -0.1) is 0 Å². The van der Waals surface area contributed by atoms with Crippen molar-refractivity contribution in [2.45, 2.75) is 29.1 Å². The van der Waals surface area contributed by atoms with E-state index in [9.17, 15) is 16.8 Å². The average Bonchev–Trinajstić information content (AvgIpc) is 3.16. The van der Waals surface area contributed by atoms with Crippen molar-refractivity contribution in [3.05, 3.63) is 58.6 Å². The van der Waals surface area contributed by atoms with Gasteiger partial charge in [0.25, 0.3) is 0 Å². The number of aryl methyl sites for hydroxylation is 2. The monoisotopic (exact) mass is 440 g/mol. The molecular formula is C19H21ClN2O4S2. The molecule has 4 rings (SSSR count). The average molecular weight is 441 g/mol. The second-order valence-electron chi connectivity index (χ2n) is 7.05. The van der Waals surface area contributed by atoms with Crippen LogP contribution in [0.25, 0.3) is 0 Å². The number of rotatable bonds is 4. The van der Waals surface area contributed by atoms with Crippen molar-refractivity contribution in [2.24, 2.45) is 0 Å². The summed E-state index contributed by atoms with van der Waals surface area (Å²) >= 11 is 5.91. The van der Waals surface area contributed by atoms with E-state index in [1.54, 1.807) is 24.3 Å². The molecule has 0 N–H and O–H groups in total. The molecule has 1 aliphatic carbocycles. The van der Waals surface area contributed by atoms with E-state index >= 15 is 0 Å². The van der Waals surface area contributed by atoms with Crippen molar-refractivity contribution in [3.8, 4) is 0 Å². The second kappa shape index (κ2) is 7.42. The van der Waals surface area contributed by atoms with Crippen molar-refractivity contribution in [1.29, 1.82) is 0 Å². The van der Waals surface area contributed by atoms with Crippen LogP contribution in [0.2, 0.25) is 5.02 Å². The number of hydrogen-bond acceptors (Lipinski definition) is 4. The van der Waals surface area contributed by atoms with Crippen molar-refractivity contribution in [2.75, 3.05) is 26.2 Å². The summed E-state index contributed by atoms with van der Waals surface area (Å²) in [7, 11) is -7.33. The lowest BCUT2D eigenvalue weighted by Crippen LogP contribution is -2.50. The van der Waals surface area contributed by atoms with E-state index in [1.165, 1.54) is 26.3 Å². The quantitative estimate of drug-likeness (QED) is 0.732. The highest BCUT2D eigenvalue weighted by Gasteiger charge is 2.34. The molecule has 150 valence electrons. The molecule has 0 unspecified atom stereocenters. The number of piperazine rings is 1. The van der Waals surface area contributed by atoms with E-state index < -0.39 is 20.0 Å². The zero-order valence-electron chi connectivity index (χ0n) is 15.2. The number of fused-ring (bicyclic) bond motifs is 1. The van der Waals surface area contributed by atoms with E-state index in [-0.39, 0.29) is 31.1 Å². The standard InChI is InChI=1S/C19H21ClN2O4S2/c20-17-5-2-6-18(14-17)27(23,24)21-9-11-22(12-10-21)28(25,26)19-8-7-15-3-1-4-16(15)13-19/h2,5-8,13-14H,1,3-4,9-12H2. The first kappa shape index (κ1) is 19.8. The molecule has 1 heterocycles. The van der Waals surface area contributed by atoms with Crippen LogP contribution in [0.5, 0.6) is 0 Å². The summed E-state index contributed by atoms with van der Waals surface area (Å²) < 4.78 is 54.3. The van der Waals surface area contributed by atoms with Crippen LogP contribution in [0.4, 0.5) is 0 Å². The molecule has 0 atom stereocenters. The Bertz CT molecular complexity index is 1110. The summed E-state index contributed by atoms with van der Waals surface area (Å²) in [5.41, 5.74) is 2.32. The molecule has 6 nitrogen and oxygen atoms in total. The predicted octanol–water partition coefficient (Wildman–Crippen LogP) is 2.52. The van der Waals surface area contributed by atoms with Gasteiger partial charge in [0.15, 0.2) is 0 Å². The van der Waals surface area contributed by atoms with Gasteiger partial charge in [-0.05, 0) is 60.7 Å². The molecule has 0 amide bonds. The zero-order valence-corrected chi connectivity index (χ0v) is 17.6. The highest BCUT2D eigenvalue weighted by atomic mass is 35.5. The highest BCUT2D eigenvalue weighted by molar-refractivity contribution is 7.89. The lowest BCUT2D eigenvalue weighted by molar-refractivity contribution is 0.273. The van der Waals surface area contributed by atoms with Crippen LogP contribution in [-0.4, -0.2) is 51.6 Å². The van der Waals surface area contributed by atoms with E-state index in [4.69, 9.17) is 11.6 Å². The SMILES string of the molecule is O=S(=O)(c1cccc(Cl)c1)N1CCN(S(=O)(=O)c2ccc3c(c2)CCC3)CC1. The predicted molar refractivity (Wildman–Crippen MR) is 107 cm³/mol. The maximum absolute atomic E-state index is 13.0. The molecule has 9 heteroatoms. The number of benzene rings is 2. The summed E-state index contributed by atoms with van der Waals surface area (Å²) in [5, 5.41) is 0.346. The Morgan fingerprint density at radius 2 is 1.29 bits per heavy atom.